The Bertz CT molecular complexity index is 913. The number of carbonyl (C=O) groups is 1. The van der Waals surface area contributed by atoms with Crippen LogP contribution in [0.5, 0.6) is 0 Å². The third kappa shape index (κ3) is 4.10. The van der Waals surface area contributed by atoms with Gasteiger partial charge in [-0.2, -0.15) is 0 Å². The van der Waals surface area contributed by atoms with E-state index in [1.54, 1.807) is 0 Å². The smallest absolute Gasteiger partial charge is 0.237 e. The molecule has 1 N–H and O–H groups in total. The number of nitrogens with one attached hydrogen (secondary N) is 1. The molecule has 0 spiro atoms. The molecular formula is C21H28N2O4S. The lowest BCUT2D eigenvalue weighted by Crippen LogP contribution is -2.50. The van der Waals surface area contributed by atoms with Crippen molar-refractivity contribution >= 4 is 26.7 Å². The topological polar surface area (TPSA) is 79.6 Å². The number of sulfone groups is 1. The summed E-state index contributed by atoms with van der Waals surface area (Å²) in [5, 5.41) is 4.32. The number of rotatable bonds is 6. The monoisotopic (exact) mass is 404 g/mol. The van der Waals surface area contributed by atoms with Gasteiger partial charge >= 0.3 is 0 Å². The molecule has 1 saturated carbocycles. The van der Waals surface area contributed by atoms with Gasteiger partial charge in [-0.1, -0.05) is 31.0 Å². The lowest BCUT2D eigenvalue weighted by Gasteiger charge is -2.34. The van der Waals surface area contributed by atoms with E-state index in [-0.39, 0.29) is 42.1 Å². The number of nitrogens with zero attached hydrogens (tertiary/aromatic N) is 1. The van der Waals surface area contributed by atoms with Crippen molar-refractivity contribution in [3.05, 3.63) is 36.1 Å². The molecule has 2 heterocycles. The zero-order chi connectivity index (χ0) is 19.7. The molecular weight excluding hydrogens is 376 g/mol. The largest absolute Gasteiger partial charge is 0.459 e. The molecule has 2 atom stereocenters. The Balaban J connectivity index is 1.43. The fraction of sp³-hybridized carbons (Fsp3) is 0.571. The first kappa shape index (κ1) is 19.5. The highest BCUT2D eigenvalue weighted by molar-refractivity contribution is 7.91. The minimum absolute atomic E-state index is 0.00281. The van der Waals surface area contributed by atoms with Gasteiger partial charge in [0.1, 0.15) is 11.3 Å². The minimum Gasteiger partial charge on any atom is -0.459 e. The van der Waals surface area contributed by atoms with Crippen LogP contribution in [0.15, 0.2) is 34.7 Å². The van der Waals surface area contributed by atoms with Gasteiger partial charge in [-0.3, -0.25) is 10.1 Å². The molecule has 1 saturated heterocycles. The molecule has 1 aliphatic carbocycles. The van der Waals surface area contributed by atoms with Crippen LogP contribution >= 0.6 is 0 Å². The Morgan fingerprint density at radius 2 is 1.96 bits per heavy atom. The van der Waals surface area contributed by atoms with Crippen molar-refractivity contribution in [1.82, 2.24) is 10.2 Å². The predicted octanol–water partition coefficient (Wildman–Crippen LogP) is 3.04. The Labute approximate surface area is 166 Å². The molecule has 2 aliphatic rings. The van der Waals surface area contributed by atoms with Crippen molar-refractivity contribution in [2.24, 2.45) is 0 Å². The standard InChI is InChI=1S/C21H28N2O4S/c1-15(20-12-16-6-2-5-9-19(16)27-20)22-13-21(24)23(17-7-3-4-8-17)18-10-11-28(25,26)14-18/h2,5-6,9,12,15,17-18,22H,3-4,7-8,10-11,13-14H2,1H3. The molecule has 6 nitrogen and oxygen atoms in total. The first-order valence-corrected chi connectivity index (χ1v) is 12.0. The maximum absolute atomic E-state index is 13.1. The SMILES string of the molecule is CC(NCC(=O)N(C1CCCC1)C1CCS(=O)(=O)C1)c1cc2ccccc2o1. The van der Waals surface area contributed by atoms with Crippen molar-refractivity contribution in [3.8, 4) is 0 Å². The van der Waals surface area contributed by atoms with Crippen LogP contribution in [0.3, 0.4) is 0 Å². The molecule has 4 rings (SSSR count). The summed E-state index contributed by atoms with van der Waals surface area (Å²) in [6.07, 6.45) is 4.72. The first-order valence-electron chi connectivity index (χ1n) is 10.2. The Kier molecular flexibility index (Phi) is 5.47. The maximum Gasteiger partial charge on any atom is 0.237 e. The van der Waals surface area contributed by atoms with E-state index in [2.05, 4.69) is 5.32 Å². The van der Waals surface area contributed by atoms with E-state index in [0.717, 1.165) is 42.4 Å². The number of carbonyl (C=O) groups excluding carboxylic acids is 1. The Hall–Kier alpha value is -1.86. The number of benzene rings is 1. The Morgan fingerprint density at radius 3 is 2.64 bits per heavy atom. The molecule has 1 aromatic heterocycles. The molecule has 28 heavy (non-hydrogen) atoms. The molecule has 7 heteroatoms. The highest BCUT2D eigenvalue weighted by atomic mass is 32.2. The molecule has 1 aromatic carbocycles. The summed E-state index contributed by atoms with van der Waals surface area (Å²) in [7, 11) is -3.02. The van der Waals surface area contributed by atoms with Crippen LogP contribution in [0.2, 0.25) is 0 Å². The molecule has 2 aromatic rings. The van der Waals surface area contributed by atoms with Crippen molar-refractivity contribution in [2.45, 2.75) is 57.2 Å². The summed E-state index contributed by atoms with van der Waals surface area (Å²) in [4.78, 5) is 15.0. The number of hydrogen-bond donors (Lipinski definition) is 1. The van der Waals surface area contributed by atoms with Gasteiger partial charge in [0.15, 0.2) is 9.84 Å². The van der Waals surface area contributed by atoms with Crippen LogP contribution in [-0.4, -0.2) is 49.4 Å². The van der Waals surface area contributed by atoms with E-state index in [1.807, 2.05) is 42.2 Å². The van der Waals surface area contributed by atoms with E-state index in [9.17, 15) is 13.2 Å². The molecule has 1 aliphatic heterocycles. The Morgan fingerprint density at radius 1 is 1.21 bits per heavy atom. The van der Waals surface area contributed by atoms with Gasteiger partial charge in [-0.15, -0.1) is 0 Å². The molecule has 0 radical (unpaired) electrons. The quantitative estimate of drug-likeness (QED) is 0.800. The van der Waals surface area contributed by atoms with Gasteiger partial charge in [0, 0.05) is 17.5 Å². The zero-order valence-electron chi connectivity index (χ0n) is 16.3. The van der Waals surface area contributed by atoms with E-state index in [0.29, 0.717) is 6.42 Å². The maximum atomic E-state index is 13.1. The summed E-state index contributed by atoms with van der Waals surface area (Å²) >= 11 is 0. The normalized spacial score (nSPS) is 23.2. The van der Waals surface area contributed by atoms with Crippen LogP contribution in [0.25, 0.3) is 11.0 Å². The van der Waals surface area contributed by atoms with E-state index in [1.165, 1.54) is 0 Å². The van der Waals surface area contributed by atoms with E-state index < -0.39 is 9.84 Å². The van der Waals surface area contributed by atoms with Crippen LogP contribution in [0.1, 0.15) is 50.8 Å². The molecule has 1 amide bonds. The number of para-hydroxylation sites is 1. The number of furan rings is 1. The second-order valence-corrected chi connectivity index (χ2v) is 10.3. The number of hydrogen-bond acceptors (Lipinski definition) is 5. The van der Waals surface area contributed by atoms with Crippen LogP contribution in [-0.2, 0) is 14.6 Å². The average Bonchev–Trinajstić information content (AvgIpc) is 3.39. The van der Waals surface area contributed by atoms with Crippen molar-refractivity contribution in [3.63, 3.8) is 0 Å². The van der Waals surface area contributed by atoms with Crippen molar-refractivity contribution in [1.29, 1.82) is 0 Å². The van der Waals surface area contributed by atoms with Gasteiger partial charge in [-0.05, 0) is 38.3 Å². The summed E-state index contributed by atoms with van der Waals surface area (Å²) < 4.78 is 29.8. The lowest BCUT2D eigenvalue weighted by atomic mass is 10.1. The van der Waals surface area contributed by atoms with E-state index in [4.69, 9.17) is 4.42 Å². The molecule has 2 fully saturated rings. The highest BCUT2D eigenvalue weighted by Gasteiger charge is 2.38. The molecule has 152 valence electrons. The number of amides is 1. The van der Waals surface area contributed by atoms with Crippen LogP contribution in [0.4, 0.5) is 0 Å². The highest BCUT2D eigenvalue weighted by Crippen LogP contribution is 2.29. The van der Waals surface area contributed by atoms with Crippen LogP contribution < -0.4 is 5.32 Å². The summed E-state index contributed by atoms with van der Waals surface area (Å²) in [5.74, 6) is 1.09. The van der Waals surface area contributed by atoms with Gasteiger partial charge in [0.2, 0.25) is 5.91 Å². The molecule has 0 bridgehead atoms. The van der Waals surface area contributed by atoms with Gasteiger partial charge in [-0.25, -0.2) is 8.42 Å². The van der Waals surface area contributed by atoms with Gasteiger partial charge in [0.05, 0.1) is 24.1 Å². The first-order chi connectivity index (χ1) is 13.4. The average molecular weight is 405 g/mol. The van der Waals surface area contributed by atoms with Crippen molar-refractivity contribution < 1.29 is 17.6 Å². The van der Waals surface area contributed by atoms with Gasteiger partial charge in [0.25, 0.3) is 0 Å². The second-order valence-electron chi connectivity index (χ2n) is 8.09. The predicted molar refractivity (Wildman–Crippen MR) is 109 cm³/mol. The second kappa shape index (κ2) is 7.87. The third-order valence-electron chi connectivity index (χ3n) is 6.04. The lowest BCUT2D eigenvalue weighted by molar-refractivity contribution is -0.134. The van der Waals surface area contributed by atoms with Gasteiger partial charge < -0.3 is 9.32 Å². The van der Waals surface area contributed by atoms with E-state index >= 15 is 0 Å². The molecule has 2 unspecified atom stereocenters. The van der Waals surface area contributed by atoms with Crippen molar-refractivity contribution in [2.75, 3.05) is 18.1 Å². The number of fused-ring (bicyclic) bond motifs is 1. The third-order valence-corrected chi connectivity index (χ3v) is 7.79. The zero-order valence-corrected chi connectivity index (χ0v) is 17.1. The summed E-state index contributed by atoms with van der Waals surface area (Å²) in [5.41, 5.74) is 0.834. The van der Waals surface area contributed by atoms with Crippen LogP contribution in [0, 0.1) is 0 Å². The summed E-state index contributed by atoms with van der Waals surface area (Å²) in [6, 6.07) is 9.73. The minimum atomic E-state index is -3.02. The fourth-order valence-corrected chi connectivity index (χ4v) is 6.24. The fourth-order valence-electron chi connectivity index (χ4n) is 4.53. The summed E-state index contributed by atoms with van der Waals surface area (Å²) in [6.45, 7) is 2.16.